The molecule has 0 amide bonds. The van der Waals surface area contributed by atoms with Crippen molar-refractivity contribution in [3.05, 3.63) is 22.8 Å². The minimum Gasteiger partial charge on any atom is -0.493 e. The number of aryl methyl sites for hydroxylation is 1. The van der Waals surface area contributed by atoms with E-state index in [9.17, 15) is 0 Å². The Labute approximate surface area is 97.6 Å². The molecule has 0 aliphatic heterocycles. The van der Waals surface area contributed by atoms with Gasteiger partial charge in [-0.2, -0.15) is 0 Å². The summed E-state index contributed by atoms with van der Waals surface area (Å²) in [6.45, 7) is 6.06. The maximum Gasteiger partial charge on any atom is 0.164 e. The number of hydrogen-bond acceptors (Lipinski definition) is 3. The molecule has 0 saturated carbocycles. The van der Waals surface area contributed by atoms with Gasteiger partial charge in [0.25, 0.3) is 0 Å². The van der Waals surface area contributed by atoms with Gasteiger partial charge in [-0.15, -0.1) is 0 Å². The summed E-state index contributed by atoms with van der Waals surface area (Å²) in [7, 11) is 3.33. The first kappa shape index (κ1) is 12.8. The van der Waals surface area contributed by atoms with Crippen molar-refractivity contribution in [1.82, 2.24) is 0 Å². The Hall–Kier alpha value is -1.22. The zero-order chi connectivity index (χ0) is 12.3. The lowest BCUT2D eigenvalue weighted by Crippen LogP contribution is -2.18. The molecule has 0 aromatic heterocycles. The number of ether oxygens (including phenoxy) is 2. The van der Waals surface area contributed by atoms with Gasteiger partial charge in [-0.3, -0.25) is 0 Å². The molecule has 0 saturated heterocycles. The van der Waals surface area contributed by atoms with Gasteiger partial charge in [0, 0.05) is 6.04 Å². The SMILES string of the molecule is COc1c(C)cc(CC(C)N)c(C)c1OC. The Bertz CT molecular complexity index is 373. The van der Waals surface area contributed by atoms with Crippen molar-refractivity contribution in [2.45, 2.75) is 33.2 Å². The molecule has 1 atom stereocenters. The average molecular weight is 223 g/mol. The van der Waals surface area contributed by atoms with Crippen molar-refractivity contribution in [3.8, 4) is 11.5 Å². The van der Waals surface area contributed by atoms with Crippen LogP contribution in [0.25, 0.3) is 0 Å². The highest BCUT2D eigenvalue weighted by atomic mass is 16.5. The van der Waals surface area contributed by atoms with Crippen LogP contribution >= 0.6 is 0 Å². The largest absolute Gasteiger partial charge is 0.493 e. The fourth-order valence-electron chi connectivity index (χ4n) is 1.99. The molecule has 0 fully saturated rings. The third kappa shape index (κ3) is 2.47. The second-order valence-electron chi connectivity index (χ2n) is 4.23. The van der Waals surface area contributed by atoms with E-state index < -0.39 is 0 Å². The van der Waals surface area contributed by atoms with Crippen LogP contribution in [0.5, 0.6) is 11.5 Å². The van der Waals surface area contributed by atoms with Crippen molar-refractivity contribution in [2.24, 2.45) is 5.73 Å². The van der Waals surface area contributed by atoms with Gasteiger partial charge in [0.05, 0.1) is 14.2 Å². The van der Waals surface area contributed by atoms with Crippen LogP contribution in [0.15, 0.2) is 6.07 Å². The molecule has 0 aliphatic rings. The van der Waals surface area contributed by atoms with Crippen LogP contribution in [0.1, 0.15) is 23.6 Å². The molecule has 1 rings (SSSR count). The van der Waals surface area contributed by atoms with Crippen molar-refractivity contribution in [3.63, 3.8) is 0 Å². The van der Waals surface area contributed by atoms with E-state index in [1.165, 1.54) is 5.56 Å². The van der Waals surface area contributed by atoms with Crippen LogP contribution in [-0.4, -0.2) is 20.3 Å². The minimum absolute atomic E-state index is 0.149. The van der Waals surface area contributed by atoms with E-state index in [0.29, 0.717) is 0 Å². The number of benzene rings is 1. The molecule has 0 aliphatic carbocycles. The van der Waals surface area contributed by atoms with E-state index in [1.54, 1.807) is 14.2 Å². The van der Waals surface area contributed by atoms with Crippen LogP contribution in [0.3, 0.4) is 0 Å². The van der Waals surface area contributed by atoms with Gasteiger partial charge < -0.3 is 15.2 Å². The Morgan fingerprint density at radius 3 is 2.19 bits per heavy atom. The molecule has 0 heterocycles. The first-order chi connectivity index (χ1) is 7.51. The maximum absolute atomic E-state index is 5.83. The van der Waals surface area contributed by atoms with Crippen LogP contribution in [0, 0.1) is 13.8 Å². The Balaban J connectivity index is 3.28. The van der Waals surface area contributed by atoms with Crippen molar-refractivity contribution in [1.29, 1.82) is 0 Å². The summed E-state index contributed by atoms with van der Waals surface area (Å²) < 4.78 is 10.8. The normalized spacial score (nSPS) is 12.4. The monoisotopic (exact) mass is 223 g/mol. The smallest absolute Gasteiger partial charge is 0.164 e. The number of rotatable bonds is 4. The quantitative estimate of drug-likeness (QED) is 0.851. The molecule has 0 radical (unpaired) electrons. The van der Waals surface area contributed by atoms with Gasteiger partial charge >= 0.3 is 0 Å². The van der Waals surface area contributed by atoms with E-state index in [0.717, 1.165) is 29.0 Å². The molecule has 90 valence electrons. The summed E-state index contributed by atoms with van der Waals surface area (Å²) in [4.78, 5) is 0. The third-order valence-corrected chi connectivity index (χ3v) is 2.73. The second kappa shape index (κ2) is 5.21. The summed E-state index contributed by atoms with van der Waals surface area (Å²) in [6, 6.07) is 2.27. The summed E-state index contributed by atoms with van der Waals surface area (Å²) in [5.41, 5.74) is 9.26. The molecular weight excluding hydrogens is 202 g/mol. The molecule has 1 unspecified atom stereocenters. The van der Waals surface area contributed by atoms with Crippen LogP contribution in [-0.2, 0) is 6.42 Å². The van der Waals surface area contributed by atoms with E-state index in [1.807, 2.05) is 20.8 Å². The lowest BCUT2D eigenvalue weighted by Gasteiger charge is -2.17. The fraction of sp³-hybridized carbons (Fsp3) is 0.538. The minimum atomic E-state index is 0.149. The zero-order valence-corrected chi connectivity index (χ0v) is 10.8. The van der Waals surface area contributed by atoms with Crippen molar-refractivity contribution in [2.75, 3.05) is 14.2 Å². The van der Waals surface area contributed by atoms with E-state index in [2.05, 4.69) is 6.07 Å². The predicted octanol–water partition coefficient (Wildman–Crippen LogP) is 2.21. The summed E-state index contributed by atoms with van der Waals surface area (Å²) in [5, 5.41) is 0. The molecule has 1 aromatic carbocycles. The highest BCUT2D eigenvalue weighted by Crippen LogP contribution is 2.36. The van der Waals surface area contributed by atoms with Crippen LogP contribution < -0.4 is 15.2 Å². The predicted molar refractivity (Wildman–Crippen MR) is 66.4 cm³/mol. The molecule has 0 bridgehead atoms. The van der Waals surface area contributed by atoms with Crippen molar-refractivity contribution >= 4 is 0 Å². The molecule has 0 spiro atoms. The topological polar surface area (TPSA) is 44.5 Å². The third-order valence-electron chi connectivity index (χ3n) is 2.73. The highest BCUT2D eigenvalue weighted by molar-refractivity contribution is 5.54. The number of nitrogens with two attached hydrogens (primary N) is 1. The molecule has 2 N–H and O–H groups in total. The molecular formula is C13H21NO2. The van der Waals surface area contributed by atoms with Gasteiger partial charge in [0.1, 0.15) is 0 Å². The van der Waals surface area contributed by atoms with Gasteiger partial charge in [0.2, 0.25) is 0 Å². The molecule has 16 heavy (non-hydrogen) atoms. The zero-order valence-electron chi connectivity index (χ0n) is 10.8. The van der Waals surface area contributed by atoms with Gasteiger partial charge in [0.15, 0.2) is 11.5 Å². The molecule has 3 nitrogen and oxygen atoms in total. The van der Waals surface area contributed by atoms with Gasteiger partial charge in [-0.25, -0.2) is 0 Å². The fourth-order valence-corrected chi connectivity index (χ4v) is 1.99. The lowest BCUT2D eigenvalue weighted by atomic mass is 9.98. The first-order valence-electron chi connectivity index (χ1n) is 5.47. The summed E-state index contributed by atoms with van der Waals surface area (Å²) in [6.07, 6.45) is 0.854. The lowest BCUT2D eigenvalue weighted by molar-refractivity contribution is 0.350. The van der Waals surface area contributed by atoms with E-state index in [4.69, 9.17) is 15.2 Å². The standard InChI is InChI=1S/C13H21NO2/c1-8-6-11(7-9(2)14)10(3)13(16-5)12(8)15-4/h6,9H,7,14H2,1-5H3. The summed E-state index contributed by atoms with van der Waals surface area (Å²) in [5.74, 6) is 1.63. The average Bonchev–Trinajstić information content (AvgIpc) is 2.21. The first-order valence-corrected chi connectivity index (χ1v) is 5.47. The van der Waals surface area contributed by atoms with E-state index >= 15 is 0 Å². The maximum atomic E-state index is 5.83. The highest BCUT2D eigenvalue weighted by Gasteiger charge is 2.15. The number of methoxy groups -OCH3 is 2. The Morgan fingerprint density at radius 1 is 1.19 bits per heavy atom. The summed E-state index contributed by atoms with van der Waals surface area (Å²) >= 11 is 0. The van der Waals surface area contributed by atoms with E-state index in [-0.39, 0.29) is 6.04 Å². The van der Waals surface area contributed by atoms with Crippen LogP contribution in [0.2, 0.25) is 0 Å². The molecule has 1 aromatic rings. The van der Waals surface area contributed by atoms with Gasteiger partial charge in [-0.1, -0.05) is 6.07 Å². The second-order valence-corrected chi connectivity index (χ2v) is 4.23. The Morgan fingerprint density at radius 2 is 1.75 bits per heavy atom. The van der Waals surface area contributed by atoms with Crippen molar-refractivity contribution < 1.29 is 9.47 Å². The molecule has 3 heteroatoms. The number of hydrogen-bond donors (Lipinski definition) is 1. The Kier molecular flexibility index (Phi) is 4.19. The van der Waals surface area contributed by atoms with Crippen LogP contribution in [0.4, 0.5) is 0 Å². The van der Waals surface area contributed by atoms with Gasteiger partial charge in [-0.05, 0) is 43.9 Å².